The molecule has 0 aliphatic rings. The monoisotopic (exact) mass is 406 g/mol. The van der Waals surface area contributed by atoms with Crippen LogP contribution in [-0.4, -0.2) is 20.3 Å². The number of imidazole rings is 1. The number of ether oxygens (including phenoxy) is 1. The van der Waals surface area contributed by atoms with E-state index in [0.717, 1.165) is 11.3 Å². The lowest BCUT2D eigenvalue weighted by Crippen LogP contribution is -2.12. The van der Waals surface area contributed by atoms with E-state index in [-0.39, 0.29) is 5.91 Å². The number of amides is 1. The summed E-state index contributed by atoms with van der Waals surface area (Å²) in [5.74, 6) is 1.58. The molecule has 31 heavy (non-hydrogen) atoms. The van der Waals surface area contributed by atoms with Crippen LogP contribution in [0.15, 0.2) is 104 Å². The molecule has 1 N–H and O–H groups in total. The number of aromatic nitrogens is 3. The van der Waals surface area contributed by atoms with Crippen LogP contribution >= 0.6 is 0 Å². The van der Waals surface area contributed by atoms with E-state index in [9.17, 15) is 4.79 Å². The molecule has 5 rings (SSSR count). The van der Waals surface area contributed by atoms with Crippen LogP contribution in [0, 0.1) is 0 Å². The molecule has 0 saturated heterocycles. The molecule has 0 fully saturated rings. The zero-order valence-corrected chi connectivity index (χ0v) is 16.5. The molecule has 0 radical (unpaired) electrons. The van der Waals surface area contributed by atoms with Gasteiger partial charge < -0.3 is 10.1 Å². The van der Waals surface area contributed by atoms with Crippen molar-refractivity contribution in [3.8, 4) is 22.8 Å². The molecule has 150 valence electrons. The topological polar surface area (TPSA) is 68.5 Å². The van der Waals surface area contributed by atoms with Gasteiger partial charge in [0.25, 0.3) is 5.91 Å². The van der Waals surface area contributed by atoms with Crippen molar-refractivity contribution in [1.29, 1.82) is 0 Å². The van der Waals surface area contributed by atoms with Crippen molar-refractivity contribution in [3.05, 3.63) is 109 Å². The van der Waals surface area contributed by atoms with Crippen molar-refractivity contribution in [2.45, 2.75) is 0 Å². The lowest BCUT2D eigenvalue weighted by atomic mass is 10.1. The molecule has 0 aliphatic carbocycles. The fourth-order valence-corrected chi connectivity index (χ4v) is 3.25. The summed E-state index contributed by atoms with van der Waals surface area (Å²) < 4.78 is 7.77. The van der Waals surface area contributed by atoms with E-state index in [4.69, 9.17) is 4.74 Å². The van der Waals surface area contributed by atoms with E-state index in [0.29, 0.717) is 28.5 Å². The van der Waals surface area contributed by atoms with Crippen LogP contribution in [0.3, 0.4) is 0 Å². The second-order valence-electron chi connectivity index (χ2n) is 6.90. The second kappa shape index (κ2) is 8.12. The Kier molecular flexibility index (Phi) is 4.86. The lowest BCUT2D eigenvalue weighted by molar-refractivity contribution is 0.102. The van der Waals surface area contributed by atoms with Crippen molar-refractivity contribution in [2.24, 2.45) is 0 Å². The largest absolute Gasteiger partial charge is 0.457 e. The van der Waals surface area contributed by atoms with Crippen LogP contribution in [-0.2, 0) is 0 Å². The summed E-state index contributed by atoms with van der Waals surface area (Å²) in [5.41, 5.74) is 2.90. The second-order valence-corrected chi connectivity index (χ2v) is 6.90. The highest BCUT2D eigenvalue weighted by atomic mass is 16.5. The van der Waals surface area contributed by atoms with E-state index < -0.39 is 0 Å². The Labute approximate surface area is 178 Å². The first kappa shape index (κ1) is 18.6. The number of carbonyl (C=O) groups is 1. The van der Waals surface area contributed by atoms with Gasteiger partial charge >= 0.3 is 0 Å². The summed E-state index contributed by atoms with van der Waals surface area (Å²) in [6, 6.07) is 26.0. The summed E-state index contributed by atoms with van der Waals surface area (Å²) in [7, 11) is 0. The zero-order chi connectivity index (χ0) is 21.0. The number of anilines is 1. The van der Waals surface area contributed by atoms with Gasteiger partial charge in [-0.2, -0.15) is 0 Å². The molecule has 0 bridgehead atoms. The number of nitrogens with zero attached hydrogens (tertiary/aromatic N) is 3. The van der Waals surface area contributed by atoms with Gasteiger partial charge in [0, 0.05) is 29.8 Å². The minimum Gasteiger partial charge on any atom is -0.457 e. The summed E-state index contributed by atoms with van der Waals surface area (Å²) in [6.45, 7) is 0. The quantitative estimate of drug-likeness (QED) is 0.422. The van der Waals surface area contributed by atoms with Gasteiger partial charge in [-0.1, -0.05) is 42.5 Å². The maximum absolute atomic E-state index is 12.9. The predicted octanol–water partition coefficient (Wildman–Crippen LogP) is 5.44. The predicted molar refractivity (Wildman–Crippen MR) is 119 cm³/mol. The van der Waals surface area contributed by atoms with Gasteiger partial charge in [0.15, 0.2) is 0 Å². The average Bonchev–Trinajstić information content (AvgIpc) is 3.25. The van der Waals surface area contributed by atoms with Gasteiger partial charge in [-0.05, 0) is 42.5 Å². The first-order valence-corrected chi connectivity index (χ1v) is 9.80. The number of fused-ring (bicyclic) bond motifs is 1. The van der Waals surface area contributed by atoms with E-state index >= 15 is 0 Å². The highest BCUT2D eigenvalue weighted by molar-refractivity contribution is 6.06. The standard InChI is InChI=1S/C25H18N4O2/c30-24(21-9-4-5-10-23(21)31-20-7-2-1-3-8-20)27-19-13-11-18(12-14-19)22-17-29-16-6-15-26-25(29)28-22/h1-17H,(H,27,30). The molecule has 6 heteroatoms. The number of carbonyl (C=O) groups excluding carboxylic acids is 1. The summed E-state index contributed by atoms with van der Waals surface area (Å²) in [6.07, 6.45) is 5.54. The molecule has 1 amide bonds. The summed E-state index contributed by atoms with van der Waals surface area (Å²) >= 11 is 0. The third-order valence-corrected chi connectivity index (χ3v) is 4.78. The lowest BCUT2D eigenvalue weighted by Gasteiger charge is -2.11. The van der Waals surface area contributed by atoms with Gasteiger partial charge in [0.05, 0.1) is 11.3 Å². The van der Waals surface area contributed by atoms with Crippen LogP contribution in [0.4, 0.5) is 5.69 Å². The molecular weight excluding hydrogens is 388 g/mol. The molecule has 6 nitrogen and oxygen atoms in total. The van der Waals surface area contributed by atoms with Crippen molar-refractivity contribution in [2.75, 3.05) is 5.32 Å². The minimum atomic E-state index is -0.240. The maximum atomic E-state index is 12.9. The van der Waals surface area contributed by atoms with Crippen LogP contribution in [0.2, 0.25) is 0 Å². The molecule has 0 spiro atoms. The number of nitrogens with one attached hydrogen (secondary N) is 1. The molecule has 0 saturated carbocycles. The molecule has 3 aromatic carbocycles. The van der Waals surface area contributed by atoms with Crippen LogP contribution < -0.4 is 10.1 Å². The van der Waals surface area contributed by atoms with Crippen molar-refractivity contribution < 1.29 is 9.53 Å². The SMILES string of the molecule is O=C(Nc1ccc(-c2cn3cccnc3n2)cc1)c1ccccc1Oc1ccccc1. The molecular formula is C25H18N4O2. The Hall–Kier alpha value is -4.45. The zero-order valence-electron chi connectivity index (χ0n) is 16.5. The van der Waals surface area contributed by atoms with E-state index in [1.807, 2.05) is 89.6 Å². The summed E-state index contributed by atoms with van der Waals surface area (Å²) in [5, 5.41) is 2.93. The molecule has 2 aromatic heterocycles. The number of hydrogen-bond acceptors (Lipinski definition) is 4. The Morgan fingerprint density at radius 3 is 2.45 bits per heavy atom. The molecule has 0 aliphatic heterocycles. The highest BCUT2D eigenvalue weighted by Crippen LogP contribution is 2.26. The number of rotatable bonds is 5. The first-order chi connectivity index (χ1) is 15.3. The van der Waals surface area contributed by atoms with Crippen molar-refractivity contribution in [3.63, 3.8) is 0 Å². The molecule has 2 heterocycles. The Morgan fingerprint density at radius 2 is 1.65 bits per heavy atom. The van der Waals surface area contributed by atoms with Crippen LogP contribution in [0.5, 0.6) is 11.5 Å². The van der Waals surface area contributed by atoms with Crippen molar-refractivity contribution in [1.82, 2.24) is 14.4 Å². The molecule has 0 unspecified atom stereocenters. The average molecular weight is 406 g/mol. The Balaban J connectivity index is 1.34. The van der Waals surface area contributed by atoms with E-state index in [1.165, 1.54) is 0 Å². The third-order valence-electron chi connectivity index (χ3n) is 4.78. The fourth-order valence-electron chi connectivity index (χ4n) is 3.25. The van der Waals surface area contributed by atoms with Crippen LogP contribution in [0.1, 0.15) is 10.4 Å². The van der Waals surface area contributed by atoms with Gasteiger partial charge in [-0.3, -0.25) is 9.20 Å². The Morgan fingerprint density at radius 1 is 0.871 bits per heavy atom. The van der Waals surface area contributed by atoms with Gasteiger partial charge in [-0.15, -0.1) is 0 Å². The van der Waals surface area contributed by atoms with Gasteiger partial charge in [-0.25, -0.2) is 9.97 Å². The van der Waals surface area contributed by atoms with E-state index in [1.54, 1.807) is 18.3 Å². The number of hydrogen-bond donors (Lipinski definition) is 1. The van der Waals surface area contributed by atoms with Crippen molar-refractivity contribution >= 4 is 17.4 Å². The molecule has 5 aromatic rings. The normalized spacial score (nSPS) is 10.7. The smallest absolute Gasteiger partial charge is 0.259 e. The minimum absolute atomic E-state index is 0.240. The highest BCUT2D eigenvalue weighted by Gasteiger charge is 2.13. The fraction of sp³-hybridized carbons (Fsp3) is 0. The van der Waals surface area contributed by atoms with E-state index in [2.05, 4.69) is 15.3 Å². The number of benzene rings is 3. The Bertz CT molecular complexity index is 1310. The maximum Gasteiger partial charge on any atom is 0.259 e. The van der Waals surface area contributed by atoms with Crippen LogP contribution in [0.25, 0.3) is 17.0 Å². The van der Waals surface area contributed by atoms with Gasteiger partial charge in [0.1, 0.15) is 11.5 Å². The number of para-hydroxylation sites is 2. The third kappa shape index (κ3) is 4.00. The van der Waals surface area contributed by atoms with Gasteiger partial charge in [0.2, 0.25) is 5.78 Å². The summed E-state index contributed by atoms with van der Waals surface area (Å²) in [4.78, 5) is 21.6. The molecule has 0 atom stereocenters. The first-order valence-electron chi connectivity index (χ1n) is 9.80.